The van der Waals surface area contributed by atoms with Gasteiger partial charge in [-0.1, -0.05) is 76.9 Å². The summed E-state index contributed by atoms with van der Waals surface area (Å²) in [6.07, 6.45) is 5.36. The molecule has 2 aliphatic rings. The molecule has 1 heterocycles. The van der Waals surface area contributed by atoms with Crippen LogP contribution in [0, 0.1) is 0 Å². The van der Waals surface area contributed by atoms with E-state index in [0.29, 0.717) is 23.9 Å². The summed E-state index contributed by atoms with van der Waals surface area (Å²) in [7, 11) is 0. The maximum atomic E-state index is 2.72. The van der Waals surface area contributed by atoms with Crippen LogP contribution in [-0.2, 0) is 0 Å². The fourth-order valence-corrected chi connectivity index (χ4v) is 5.18. The van der Waals surface area contributed by atoms with Crippen molar-refractivity contribution < 1.29 is 0 Å². The molecular weight excluding hydrogens is 328 g/mol. The monoisotopic (exact) mass is 362 g/mol. The van der Waals surface area contributed by atoms with Crippen molar-refractivity contribution in [1.82, 2.24) is 0 Å². The molecule has 0 amide bonds. The van der Waals surface area contributed by atoms with Crippen LogP contribution in [0.2, 0.25) is 0 Å². The van der Waals surface area contributed by atoms with Crippen LogP contribution in [0.1, 0.15) is 76.3 Å². The Morgan fingerprint density at radius 1 is 0.667 bits per heavy atom. The van der Waals surface area contributed by atoms with E-state index in [0.717, 1.165) is 6.67 Å². The number of nitrogens with zero attached hydrogens (tertiary/aromatic N) is 2. The van der Waals surface area contributed by atoms with Crippen LogP contribution in [-0.4, -0.2) is 18.8 Å². The molecule has 2 nitrogen and oxygen atoms in total. The molecule has 2 heteroatoms. The molecule has 0 aromatic heterocycles. The molecule has 2 atom stereocenters. The molecule has 2 fully saturated rings. The molecule has 2 aromatic carbocycles. The zero-order valence-electron chi connectivity index (χ0n) is 17.4. The van der Waals surface area contributed by atoms with E-state index < -0.39 is 0 Å². The molecule has 0 bridgehead atoms. The van der Waals surface area contributed by atoms with Crippen LogP contribution in [0.3, 0.4) is 0 Å². The van der Waals surface area contributed by atoms with E-state index in [4.69, 9.17) is 0 Å². The first-order valence-corrected chi connectivity index (χ1v) is 10.8. The quantitative estimate of drug-likeness (QED) is 0.610. The summed E-state index contributed by atoms with van der Waals surface area (Å²) in [4.78, 5) is 5.44. The molecule has 2 aromatic rings. The van der Waals surface area contributed by atoms with E-state index in [-0.39, 0.29) is 0 Å². The van der Waals surface area contributed by atoms with Crippen LogP contribution in [0.15, 0.2) is 48.5 Å². The molecule has 0 radical (unpaired) electrons. The van der Waals surface area contributed by atoms with E-state index in [1.54, 1.807) is 0 Å². The summed E-state index contributed by atoms with van der Waals surface area (Å²) < 4.78 is 0. The van der Waals surface area contributed by atoms with Crippen molar-refractivity contribution in [3.05, 3.63) is 59.7 Å². The van der Waals surface area contributed by atoms with Gasteiger partial charge in [-0.2, -0.15) is 0 Å². The third-order valence-corrected chi connectivity index (χ3v) is 6.54. The average Bonchev–Trinajstić information content (AvgIpc) is 3.07. The lowest BCUT2D eigenvalue weighted by atomic mass is 9.88. The zero-order chi connectivity index (χ0) is 19.0. The molecule has 1 aliphatic heterocycles. The second kappa shape index (κ2) is 7.58. The lowest BCUT2D eigenvalue weighted by molar-refractivity contribution is 0.408. The molecule has 144 valence electrons. The van der Waals surface area contributed by atoms with Gasteiger partial charge in [-0.25, -0.2) is 0 Å². The summed E-state index contributed by atoms with van der Waals surface area (Å²) in [5.41, 5.74) is 5.88. The Bertz CT molecular complexity index is 714. The highest BCUT2D eigenvalue weighted by Crippen LogP contribution is 2.42. The van der Waals surface area contributed by atoms with Gasteiger partial charge >= 0.3 is 0 Å². The van der Waals surface area contributed by atoms with Gasteiger partial charge in [0.05, 0.1) is 18.8 Å². The second-order valence-corrected chi connectivity index (χ2v) is 8.93. The van der Waals surface area contributed by atoms with Gasteiger partial charge in [0.15, 0.2) is 0 Å². The van der Waals surface area contributed by atoms with E-state index in [1.807, 2.05) is 0 Å². The summed E-state index contributed by atoms with van der Waals surface area (Å²) >= 11 is 0. The van der Waals surface area contributed by atoms with Gasteiger partial charge in [0.1, 0.15) is 0 Å². The van der Waals surface area contributed by atoms with Crippen molar-refractivity contribution in [2.45, 2.75) is 77.3 Å². The lowest BCUT2D eigenvalue weighted by Gasteiger charge is -2.34. The van der Waals surface area contributed by atoms with Crippen molar-refractivity contribution in [3.8, 4) is 0 Å². The maximum absolute atomic E-state index is 2.72. The first-order chi connectivity index (χ1) is 13.1. The summed E-state index contributed by atoms with van der Waals surface area (Å²) in [6, 6.07) is 19.4. The third-order valence-electron chi connectivity index (χ3n) is 6.54. The predicted molar refractivity (Wildman–Crippen MR) is 117 cm³/mol. The maximum Gasteiger partial charge on any atom is 0.0910 e. The standard InChI is InChI=1S/C25H34N2/c1-18(2)20-11-5-7-13-22(20)26-17-27(25-16-10-9-15-24(25)26)23-14-8-6-12-21(23)19(3)4/h5-8,11-14,18-19,24-25H,9-10,15-17H2,1-4H3. The predicted octanol–water partition coefficient (Wildman–Crippen LogP) is 6.53. The number of rotatable bonds is 4. The Balaban J connectivity index is 1.75. The van der Waals surface area contributed by atoms with Gasteiger partial charge in [-0.15, -0.1) is 0 Å². The third kappa shape index (κ3) is 3.35. The van der Waals surface area contributed by atoms with Crippen molar-refractivity contribution in [1.29, 1.82) is 0 Å². The highest BCUT2D eigenvalue weighted by atomic mass is 15.4. The van der Waals surface area contributed by atoms with Crippen LogP contribution in [0.5, 0.6) is 0 Å². The van der Waals surface area contributed by atoms with Crippen LogP contribution in [0.25, 0.3) is 0 Å². The topological polar surface area (TPSA) is 6.48 Å². The molecule has 0 spiro atoms. The molecule has 1 saturated heterocycles. The zero-order valence-corrected chi connectivity index (χ0v) is 17.4. The van der Waals surface area contributed by atoms with E-state index in [1.165, 1.54) is 48.2 Å². The van der Waals surface area contributed by atoms with Gasteiger partial charge in [0.25, 0.3) is 0 Å². The van der Waals surface area contributed by atoms with Crippen molar-refractivity contribution in [2.24, 2.45) is 0 Å². The van der Waals surface area contributed by atoms with E-state index in [9.17, 15) is 0 Å². The molecule has 2 unspecified atom stereocenters. The number of para-hydroxylation sites is 2. The Morgan fingerprint density at radius 2 is 1.07 bits per heavy atom. The number of benzene rings is 2. The van der Waals surface area contributed by atoms with Crippen molar-refractivity contribution >= 4 is 11.4 Å². The first-order valence-electron chi connectivity index (χ1n) is 10.8. The minimum absolute atomic E-state index is 0.556. The highest BCUT2D eigenvalue weighted by molar-refractivity contribution is 5.64. The SMILES string of the molecule is CC(C)c1ccccc1N1CN(c2ccccc2C(C)C)C2CCCCC21. The first kappa shape index (κ1) is 18.4. The van der Waals surface area contributed by atoms with Gasteiger partial charge < -0.3 is 9.80 Å². The minimum atomic E-state index is 0.556. The highest BCUT2D eigenvalue weighted by Gasteiger charge is 2.42. The summed E-state index contributed by atoms with van der Waals surface area (Å²) in [5.74, 6) is 1.11. The van der Waals surface area contributed by atoms with Crippen LogP contribution in [0.4, 0.5) is 11.4 Å². The Morgan fingerprint density at radius 3 is 1.48 bits per heavy atom. The van der Waals surface area contributed by atoms with Crippen molar-refractivity contribution in [2.75, 3.05) is 16.5 Å². The molecule has 27 heavy (non-hydrogen) atoms. The average molecular weight is 363 g/mol. The number of hydrogen-bond donors (Lipinski definition) is 0. The summed E-state index contributed by atoms with van der Waals surface area (Å²) in [6.45, 7) is 10.3. The number of fused-ring (bicyclic) bond motifs is 1. The van der Waals surface area contributed by atoms with Gasteiger partial charge in [0.2, 0.25) is 0 Å². The normalized spacial score (nSPS) is 22.6. The van der Waals surface area contributed by atoms with E-state index >= 15 is 0 Å². The number of hydrogen-bond acceptors (Lipinski definition) is 2. The fourth-order valence-electron chi connectivity index (χ4n) is 5.18. The van der Waals surface area contributed by atoms with Crippen molar-refractivity contribution in [3.63, 3.8) is 0 Å². The minimum Gasteiger partial charge on any atom is -0.348 e. The Labute approximate surface area is 165 Å². The van der Waals surface area contributed by atoms with Gasteiger partial charge in [-0.3, -0.25) is 0 Å². The molecule has 4 rings (SSSR count). The molecule has 1 saturated carbocycles. The smallest absolute Gasteiger partial charge is 0.0910 e. The summed E-state index contributed by atoms with van der Waals surface area (Å²) in [5, 5.41) is 0. The Hall–Kier alpha value is -1.96. The van der Waals surface area contributed by atoms with Crippen LogP contribution >= 0.6 is 0 Å². The van der Waals surface area contributed by atoms with E-state index in [2.05, 4.69) is 86.0 Å². The van der Waals surface area contributed by atoms with Gasteiger partial charge in [-0.05, 0) is 47.9 Å². The van der Waals surface area contributed by atoms with Crippen LogP contribution < -0.4 is 9.80 Å². The largest absolute Gasteiger partial charge is 0.348 e. The lowest BCUT2D eigenvalue weighted by Crippen LogP contribution is -2.40. The Kier molecular flexibility index (Phi) is 5.16. The van der Waals surface area contributed by atoms with Gasteiger partial charge in [0, 0.05) is 11.4 Å². The fraction of sp³-hybridized carbons (Fsp3) is 0.520. The molecule has 0 N–H and O–H groups in total. The molecular formula is C25H34N2. The molecule has 1 aliphatic carbocycles. The second-order valence-electron chi connectivity index (χ2n) is 8.93. The number of anilines is 2.